The van der Waals surface area contributed by atoms with Crippen molar-refractivity contribution in [3.05, 3.63) is 36.4 Å². The summed E-state index contributed by atoms with van der Waals surface area (Å²) in [6.07, 6.45) is 0. The first-order valence-electron chi connectivity index (χ1n) is 7.21. The van der Waals surface area contributed by atoms with Crippen molar-refractivity contribution in [1.29, 1.82) is 0 Å². The molecular formula is C16H28O4S. The summed E-state index contributed by atoms with van der Waals surface area (Å²) in [5.41, 5.74) is 0. The number of hydrogen-bond acceptors (Lipinski definition) is 4. The van der Waals surface area contributed by atoms with Gasteiger partial charge in [-0.3, -0.25) is 0 Å². The molecule has 0 aliphatic rings. The molecule has 0 aliphatic heterocycles. The van der Waals surface area contributed by atoms with Crippen LogP contribution in [-0.2, 0) is 0 Å². The molecule has 0 radical (unpaired) electrons. The standard InChI is InChI=1S/C10H10O4S.3C2H6/c11-10-6-8(15(12,13)14)5-7-3-1-2-4-9(7)10;3*1-2/h1-6,11-14H;3*1-2H3. The molecule has 0 aromatic heterocycles. The lowest BCUT2D eigenvalue weighted by Crippen LogP contribution is -1.95. The van der Waals surface area contributed by atoms with Crippen LogP contribution in [0.25, 0.3) is 10.8 Å². The van der Waals surface area contributed by atoms with E-state index in [9.17, 15) is 5.11 Å². The minimum absolute atomic E-state index is 0.0845. The highest BCUT2D eigenvalue weighted by atomic mass is 32.3. The molecular weight excluding hydrogens is 288 g/mol. The van der Waals surface area contributed by atoms with Crippen molar-refractivity contribution in [3.63, 3.8) is 0 Å². The summed E-state index contributed by atoms with van der Waals surface area (Å²) in [7, 11) is -3.78. The fraction of sp³-hybridized carbons (Fsp3) is 0.375. The minimum Gasteiger partial charge on any atom is -0.507 e. The predicted molar refractivity (Wildman–Crippen MR) is 93.4 cm³/mol. The van der Waals surface area contributed by atoms with E-state index in [-0.39, 0.29) is 10.6 Å². The highest BCUT2D eigenvalue weighted by Crippen LogP contribution is 2.46. The molecule has 0 fully saturated rings. The summed E-state index contributed by atoms with van der Waals surface area (Å²) < 4.78 is 27.2. The second-order valence-corrected chi connectivity index (χ2v) is 4.69. The van der Waals surface area contributed by atoms with E-state index in [4.69, 9.17) is 13.7 Å². The molecule has 0 heterocycles. The fourth-order valence-corrected chi connectivity index (χ4v) is 1.98. The average molecular weight is 316 g/mol. The fourth-order valence-electron chi connectivity index (χ4n) is 1.42. The lowest BCUT2D eigenvalue weighted by atomic mass is 10.1. The zero-order valence-electron chi connectivity index (χ0n) is 13.7. The normalized spacial score (nSPS) is 10.1. The Hall–Kier alpha value is -1.27. The quantitative estimate of drug-likeness (QED) is 0.504. The van der Waals surface area contributed by atoms with Crippen LogP contribution in [0.15, 0.2) is 41.3 Å². The number of rotatable bonds is 1. The Morgan fingerprint density at radius 1 is 0.762 bits per heavy atom. The van der Waals surface area contributed by atoms with E-state index in [0.717, 1.165) is 6.07 Å². The van der Waals surface area contributed by atoms with Gasteiger partial charge in [-0.15, -0.1) is 0 Å². The van der Waals surface area contributed by atoms with Gasteiger partial charge in [0, 0.05) is 5.39 Å². The van der Waals surface area contributed by atoms with Crippen molar-refractivity contribution >= 4 is 21.6 Å². The molecule has 0 unspecified atom stereocenters. The molecule has 4 N–H and O–H groups in total. The topological polar surface area (TPSA) is 80.9 Å². The number of aromatic hydroxyl groups is 1. The van der Waals surface area contributed by atoms with E-state index in [1.54, 1.807) is 24.3 Å². The number of hydrogen-bond donors (Lipinski definition) is 4. The van der Waals surface area contributed by atoms with Gasteiger partial charge in [0.25, 0.3) is 0 Å². The SMILES string of the molecule is CC.CC.CC.Oc1cc(S(O)(O)O)cc2ccccc12. The average Bonchev–Trinajstić information content (AvgIpc) is 2.52. The molecule has 2 aromatic carbocycles. The van der Waals surface area contributed by atoms with Crippen LogP contribution in [0.3, 0.4) is 0 Å². The first-order chi connectivity index (χ1) is 9.98. The molecule has 0 bridgehead atoms. The lowest BCUT2D eigenvalue weighted by Gasteiger charge is -2.19. The van der Waals surface area contributed by atoms with Gasteiger partial charge in [-0.05, 0) is 17.5 Å². The van der Waals surface area contributed by atoms with Crippen LogP contribution in [0.2, 0.25) is 0 Å². The maximum Gasteiger partial charge on any atom is 0.124 e. The van der Waals surface area contributed by atoms with Crippen molar-refractivity contribution in [3.8, 4) is 5.75 Å². The third kappa shape index (κ3) is 6.82. The second-order valence-electron chi connectivity index (χ2n) is 3.18. The van der Waals surface area contributed by atoms with Crippen LogP contribution in [0, 0.1) is 0 Å². The monoisotopic (exact) mass is 316 g/mol. The Balaban J connectivity index is 0. The van der Waals surface area contributed by atoms with Crippen LogP contribution < -0.4 is 0 Å². The number of phenols is 1. The largest absolute Gasteiger partial charge is 0.507 e. The summed E-state index contributed by atoms with van der Waals surface area (Å²) >= 11 is 0. The van der Waals surface area contributed by atoms with Crippen LogP contribution in [0.1, 0.15) is 41.5 Å². The Bertz CT molecular complexity index is 507. The molecule has 0 aliphatic carbocycles. The zero-order chi connectivity index (χ0) is 17.1. The van der Waals surface area contributed by atoms with E-state index < -0.39 is 10.9 Å². The zero-order valence-corrected chi connectivity index (χ0v) is 14.5. The van der Waals surface area contributed by atoms with E-state index in [0.29, 0.717) is 10.8 Å². The highest BCUT2D eigenvalue weighted by molar-refractivity contribution is 8.19. The van der Waals surface area contributed by atoms with Crippen molar-refractivity contribution < 1.29 is 18.8 Å². The van der Waals surface area contributed by atoms with Gasteiger partial charge in [0.1, 0.15) is 16.6 Å². The molecule has 122 valence electrons. The predicted octanol–water partition coefficient (Wildman–Crippen LogP) is 6.21. The molecule has 0 saturated heterocycles. The van der Waals surface area contributed by atoms with E-state index in [2.05, 4.69) is 0 Å². The third-order valence-electron chi connectivity index (χ3n) is 2.13. The van der Waals surface area contributed by atoms with Crippen molar-refractivity contribution in [1.82, 2.24) is 0 Å². The maximum atomic E-state index is 9.60. The number of phenolic OH excluding ortho intramolecular Hbond substituents is 1. The van der Waals surface area contributed by atoms with Gasteiger partial charge in [0.15, 0.2) is 0 Å². The molecule has 2 rings (SSSR count). The Morgan fingerprint density at radius 2 is 1.24 bits per heavy atom. The molecule has 21 heavy (non-hydrogen) atoms. The summed E-state index contributed by atoms with van der Waals surface area (Å²) in [6, 6.07) is 9.52. The van der Waals surface area contributed by atoms with Gasteiger partial charge in [0.2, 0.25) is 0 Å². The summed E-state index contributed by atoms with van der Waals surface area (Å²) in [6.45, 7) is 12.0. The third-order valence-corrected chi connectivity index (χ3v) is 3.00. The summed E-state index contributed by atoms with van der Waals surface area (Å²) in [4.78, 5) is -0.0845. The highest BCUT2D eigenvalue weighted by Gasteiger charge is 2.17. The molecule has 0 amide bonds. The van der Waals surface area contributed by atoms with Crippen molar-refractivity contribution in [2.75, 3.05) is 0 Å². The lowest BCUT2D eigenvalue weighted by molar-refractivity contribution is 0.375. The van der Waals surface area contributed by atoms with Crippen LogP contribution in [-0.4, -0.2) is 18.8 Å². The first kappa shape index (κ1) is 22.0. The number of benzene rings is 2. The van der Waals surface area contributed by atoms with Gasteiger partial charge in [0.05, 0.1) is 4.90 Å². The van der Waals surface area contributed by atoms with Crippen LogP contribution >= 0.6 is 10.9 Å². The van der Waals surface area contributed by atoms with E-state index >= 15 is 0 Å². The van der Waals surface area contributed by atoms with E-state index in [1.807, 2.05) is 41.5 Å². The van der Waals surface area contributed by atoms with Crippen LogP contribution in [0.4, 0.5) is 0 Å². The molecule has 4 nitrogen and oxygen atoms in total. The molecule has 0 spiro atoms. The van der Waals surface area contributed by atoms with Crippen molar-refractivity contribution in [2.45, 2.75) is 46.4 Å². The summed E-state index contributed by atoms with van der Waals surface area (Å²) in [5, 5.41) is 10.8. The summed E-state index contributed by atoms with van der Waals surface area (Å²) in [5.74, 6) is -0.0860. The molecule has 0 saturated carbocycles. The Morgan fingerprint density at radius 3 is 1.71 bits per heavy atom. The molecule has 2 aromatic rings. The number of fused-ring (bicyclic) bond motifs is 1. The molecule has 0 atom stereocenters. The van der Waals surface area contributed by atoms with E-state index in [1.165, 1.54) is 6.07 Å². The molecule has 5 heteroatoms. The second kappa shape index (κ2) is 11.4. The Kier molecular flexibility index (Phi) is 11.9. The minimum atomic E-state index is -3.78. The van der Waals surface area contributed by atoms with Gasteiger partial charge in [-0.2, -0.15) is 0 Å². The van der Waals surface area contributed by atoms with Gasteiger partial charge in [-0.1, -0.05) is 65.8 Å². The van der Waals surface area contributed by atoms with Gasteiger partial charge >= 0.3 is 0 Å². The van der Waals surface area contributed by atoms with Crippen molar-refractivity contribution in [2.24, 2.45) is 0 Å². The smallest absolute Gasteiger partial charge is 0.124 e. The Labute approximate surface area is 129 Å². The maximum absolute atomic E-state index is 9.60. The first-order valence-corrected chi connectivity index (χ1v) is 8.71. The van der Waals surface area contributed by atoms with Crippen LogP contribution in [0.5, 0.6) is 5.75 Å². The van der Waals surface area contributed by atoms with Gasteiger partial charge in [-0.25, -0.2) is 0 Å². The van der Waals surface area contributed by atoms with Gasteiger partial charge < -0.3 is 18.8 Å².